The highest BCUT2D eigenvalue weighted by Gasteiger charge is 2.28. The number of aromatic amines is 1. The molecule has 1 atom stereocenters. The number of nitro groups is 1. The Morgan fingerprint density at radius 1 is 1.14 bits per heavy atom. The van der Waals surface area contributed by atoms with Gasteiger partial charge in [0.2, 0.25) is 0 Å². The van der Waals surface area contributed by atoms with Crippen molar-refractivity contribution in [1.82, 2.24) is 10.2 Å². The van der Waals surface area contributed by atoms with Gasteiger partial charge in [0.15, 0.2) is 5.78 Å². The molecule has 7 heteroatoms. The van der Waals surface area contributed by atoms with Gasteiger partial charge in [-0.2, -0.15) is 5.10 Å². The van der Waals surface area contributed by atoms with Crippen LogP contribution >= 0.6 is 0 Å². The summed E-state index contributed by atoms with van der Waals surface area (Å²) >= 11 is 0. The quantitative estimate of drug-likeness (QED) is 0.414. The van der Waals surface area contributed by atoms with E-state index in [-0.39, 0.29) is 17.4 Å². The molecule has 4 rings (SSSR count). The van der Waals surface area contributed by atoms with E-state index >= 15 is 0 Å². The van der Waals surface area contributed by atoms with Gasteiger partial charge >= 0.3 is 0 Å². The molecule has 7 nitrogen and oxygen atoms in total. The molecule has 2 aromatic carbocycles. The maximum Gasteiger partial charge on any atom is 0.293 e. The first-order valence-electron chi connectivity index (χ1n) is 9.26. The molecule has 0 unspecified atom stereocenters. The number of ketones is 1. The fraction of sp³-hybridized carbons (Fsp3) is 0.238. The van der Waals surface area contributed by atoms with E-state index in [2.05, 4.69) is 10.2 Å². The van der Waals surface area contributed by atoms with Crippen LogP contribution in [0.5, 0.6) is 0 Å². The van der Waals surface area contributed by atoms with Crippen LogP contribution in [0, 0.1) is 10.1 Å². The van der Waals surface area contributed by atoms with Gasteiger partial charge in [-0.25, -0.2) is 0 Å². The van der Waals surface area contributed by atoms with E-state index in [0.717, 1.165) is 25.1 Å². The summed E-state index contributed by atoms with van der Waals surface area (Å²) in [6.45, 7) is 1.42. The summed E-state index contributed by atoms with van der Waals surface area (Å²) in [5.74, 6) is 0.0331. The Morgan fingerprint density at radius 2 is 1.96 bits per heavy atom. The number of H-pyrrole nitrogens is 1. The van der Waals surface area contributed by atoms with E-state index in [1.807, 2.05) is 17.0 Å². The minimum Gasteiger partial charge on any atom is -0.365 e. The SMILES string of the molecule is O=C(c1ccccc1)c1ccc(N2CCC[C@@H](c3ccn[nH]3)C2)c([N+](=O)[O-])c1. The number of carbonyl (C=O) groups is 1. The fourth-order valence-electron chi connectivity index (χ4n) is 3.78. The molecule has 1 aliphatic rings. The number of nitrogens with one attached hydrogen (secondary N) is 1. The number of carbonyl (C=O) groups excluding carboxylic acids is 1. The van der Waals surface area contributed by atoms with Gasteiger partial charge in [-0.15, -0.1) is 0 Å². The van der Waals surface area contributed by atoms with Crippen molar-refractivity contribution in [3.8, 4) is 0 Å². The third kappa shape index (κ3) is 3.51. The number of rotatable bonds is 5. The average molecular weight is 376 g/mol. The number of aromatic nitrogens is 2. The van der Waals surface area contributed by atoms with Gasteiger partial charge in [0, 0.05) is 48.1 Å². The van der Waals surface area contributed by atoms with Crippen LogP contribution in [0.25, 0.3) is 0 Å². The van der Waals surface area contributed by atoms with Crippen molar-refractivity contribution in [3.05, 3.63) is 87.7 Å². The van der Waals surface area contributed by atoms with Crippen molar-refractivity contribution in [2.45, 2.75) is 18.8 Å². The number of hydrogen-bond acceptors (Lipinski definition) is 5. The molecule has 1 aromatic heterocycles. The standard InChI is InChI=1S/C21H20N4O3/c26-21(15-5-2-1-3-6-15)16-8-9-19(20(13-16)25(27)28)24-12-4-7-17(14-24)18-10-11-22-23-18/h1-3,5-6,8-11,13,17H,4,7,12,14H2,(H,22,23)/t17-/m1/s1. The molecule has 0 bridgehead atoms. The first-order valence-corrected chi connectivity index (χ1v) is 9.26. The molecule has 0 spiro atoms. The summed E-state index contributed by atoms with van der Waals surface area (Å²) in [5, 5.41) is 18.8. The van der Waals surface area contributed by atoms with E-state index in [1.54, 1.807) is 42.6 Å². The van der Waals surface area contributed by atoms with Crippen LogP contribution < -0.4 is 4.90 Å². The zero-order chi connectivity index (χ0) is 19.5. The minimum absolute atomic E-state index is 0.0351. The Bertz CT molecular complexity index is 986. The van der Waals surface area contributed by atoms with Crippen molar-refractivity contribution in [3.63, 3.8) is 0 Å². The third-order valence-electron chi connectivity index (χ3n) is 5.19. The Kier molecular flexibility index (Phi) is 4.89. The Balaban J connectivity index is 1.64. The summed E-state index contributed by atoms with van der Waals surface area (Å²) in [6.07, 6.45) is 3.67. The molecule has 1 N–H and O–H groups in total. The van der Waals surface area contributed by atoms with Gasteiger partial charge in [0.1, 0.15) is 5.69 Å². The van der Waals surface area contributed by atoms with Crippen LogP contribution in [-0.2, 0) is 0 Å². The van der Waals surface area contributed by atoms with Gasteiger partial charge in [-0.1, -0.05) is 30.3 Å². The number of piperidine rings is 1. The predicted octanol–water partition coefficient (Wildman–Crippen LogP) is 3.93. The number of hydrogen-bond donors (Lipinski definition) is 1. The number of benzene rings is 2. The van der Waals surface area contributed by atoms with Crippen LogP contribution in [-0.4, -0.2) is 34.0 Å². The highest BCUT2D eigenvalue weighted by atomic mass is 16.6. The molecule has 3 aromatic rings. The molecular formula is C21H20N4O3. The number of nitrogens with zero attached hydrogens (tertiary/aromatic N) is 3. The maximum atomic E-state index is 12.7. The molecule has 1 aliphatic heterocycles. The summed E-state index contributed by atoms with van der Waals surface area (Å²) in [6, 6.07) is 15.5. The normalized spacial score (nSPS) is 16.7. The van der Waals surface area contributed by atoms with Crippen molar-refractivity contribution in [2.24, 2.45) is 0 Å². The smallest absolute Gasteiger partial charge is 0.293 e. The van der Waals surface area contributed by atoms with Crippen molar-refractivity contribution in [2.75, 3.05) is 18.0 Å². The third-order valence-corrected chi connectivity index (χ3v) is 5.19. The second-order valence-corrected chi connectivity index (χ2v) is 6.95. The average Bonchev–Trinajstić information content (AvgIpc) is 3.28. The largest absolute Gasteiger partial charge is 0.365 e. The lowest BCUT2D eigenvalue weighted by molar-refractivity contribution is -0.384. The van der Waals surface area contributed by atoms with Gasteiger partial charge in [-0.05, 0) is 31.0 Å². The first kappa shape index (κ1) is 17.9. The fourth-order valence-corrected chi connectivity index (χ4v) is 3.78. The Morgan fingerprint density at radius 3 is 2.68 bits per heavy atom. The van der Waals surface area contributed by atoms with E-state index < -0.39 is 4.92 Å². The van der Waals surface area contributed by atoms with Gasteiger partial charge < -0.3 is 4.90 Å². The van der Waals surface area contributed by atoms with Crippen LogP contribution in [0.2, 0.25) is 0 Å². The lowest BCUT2D eigenvalue weighted by atomic mass is 9.94. The summed E-state index contributed by atoms with van der Waals surface area (Å²) in [5.41, 5.74) is 2.40. The molecule has 0 aliphatic carbocycles. The molecule has 1 saturated heterocycles. The van der Waals surface area contributed by atoms with Gasteiger partial charge in [0.25, 0.3) is 5.69 Å². The molecule has 0 amide bonds. The van der Waals surface area contributed by atoms with E-state index in [0.29, 0.717) is 23.4 Å². The number of anilines is 1. The van der Waals surface area contributed by atoms with Crippen LogP contribution in [0.3, 0.4) is 0 Å². The molecule has 2 heterocycles. The second kappa shape index (κ2) is 7.64. The number of nitro benzene ring substituents is 1. The molecule has 0 saturated carbocycles. The zero-order valence-electron chi connectivity index (χ0n) is 15.2. The summed E-state index contributed by atoms with van der Waals surface area (Å²) < 4.78 is 0. The lowest BCUT2D eigenvalue weighted by Crippen LogP contribution is -2.35. The first-order chi connectivity index (χ1) is 13.6. The van der Waals surface area contributed by atoms with Crippen LogP contribution in [0.15, 0.2) is 60.8 Å². The van der Waals surface area contributed by atoms with Crippen molar-refractivity contribution < 1.29 is 9.72 Å². The highest BCUT2D eigenvalue weighted by molar-refractivity contribution is 6.09. The minimum atomic E-state index is -0.406. The molecular weight excluding hydrogens is 356 g/mol. The van der Waals surface area contributed by atoms with Crippen LogP contribution in [0.1, 0.15) is 40.4 Å². The summed E-state index contributed by atoms with van der Waals surface area (Å²) in [4.78, 5) is 26.0. The van der Waals surface area contributed by atoms with Gasteiger partial charge in [-0.3, -0.25) is 20.0 Å². The lowest BCUT2D eigenvalue weighted by Gasteiger charge is -2.33. The van der Waals surface area contributed by atoms with Crippen LogP contribution in [0.4, 0.5) is 11.4 Å². The maximum absolute atomic E-state index is 12.7. The zero-order valence-corrected chi connectivity index (χ0v) is 15.2. The monoisotopic (exact) mass is 376 g/mol. The predicted molar refractivity (Wildman–Crippen MR) is 106 cm³/mol. The molecule has 142 valence electrons. The van der Waals surface area contributed by atoms with Crippen molar-refractivity contribution >= 4 is 17.2 Å². The summed E-state index contributed by atoms with van der Waals surface area (Å²) in [7, 11) is 0. The second-order valence-electron chi connectivity index (χ2n) is 6.95. The van der Waals surface area contributed by atoms with E-state index in [9.17, 15) is 14.9 Å². The molecule has 1 fully saturated rings. The van der Waals surface area contributed by atoms with Gasteiger partial charge in [0.05, 0.1) is 4.92 Å². The Hall–Kier alpha value is -3.48. The van der Waals surface area contributed by atoms with Crippen molar-refractivity contribution in [1.29, 1.82) is 0 Å². The Labute approximate surface area is 162 Å². The highest BCUT2D eigenvalue weighted by Crippen LogP contribution is 2.35. The van der Waals surface area contributed by atoms with E-state index in [4.69, 9.17) is 0 Å². The molecule has 28 heavy (non-hydrogen) atoms. The topological polar surface area (TPSA) is 92.1 Å². The van der Waals surface area contributed by atoms with E-state index in [1.165, 1.54) is 6.07 Å². The molecule has 0 radical (unpaired) electrons.